The molecule has 3 rings (SSSR count). The van der Waals surface area contributed by atoms with Gasteiger partial charge in [0.1, 0.15) is 6.33 Å². The van der Waals surface area contributed by atoms with Crippen LogP contribution in [-0.2, 0) is 6.54 Å². The molecule has 21 heavy (non-hydrogen) atoms. The minimum absolute atomic E-state index is 0.548. The van der Waals surface area contributed by atoms with Crippen molar-refractivity contribution in [3.05, 3.63) is 54.1 Å². The standard InChI is InChI=1S/C17H21N3S/c1-21-16-6-4-14(5-7-16)11-20-10-2-3-15(12-20)17-8-9-18-13-19-17/h4-9,13,15H,2-3,10-12H2,1H3/t15-/m0/s1. The maximum absolute atomic E-state index is 4.43. The highest BCUT2D eigenvalue weighted by Gasteiger charge is 2.22. The van der Waals surface area contributed by atoms with Gasteiger partial charge in [-0.1, -0.05) is 12.1 Å². The molecule has 1 fully saturated rings. The summed E-state index contributed by atoms with van der Waals surface area (Å²) in [6, 6.07) is 11.0. The Balaban J connectivity index is 1.63. The molecule has 1 aliphatic rings. The van der Waals surface area contributed by atoms with Gasteiger partial charge in [-0.25, -0.2) is 9.97 Å². The van der Waals surface area contributed by atoms with E-state index in [4.69, 9.17) is 0 Å². The molecule has 0 bridgehead atoms. The van der Waals surface area contributed by atoms with Crippen molar-refractivity contribution in [2.45, 2.75) is 30.2 Å². The average molecular weight is 299 g/mol. The van der Waals surface area contributed by atoms with Crippen molar-refractivity contribution in [2.75, 3.05) is 19.3 Å². The van der Waals surface area contributed by atoms with Gasteiger partial charge in [-0.05, 0) is 49.4 Å². The molecule has 2 aromatic rings. The van der Waals surface area contributed by atoms with Crippen LogP contribution in [0.15, 0.2) is 47.8 Å². The maximum atomic E-state index is 4.43. The molecule has 1 atom stereocenters. The molecule has 1 saturated heterocycles. The van der Waals surface area contributed by atoms with E-state index in [0.29, 0.717) is 5.92 Å². The number of benzene rings is 1. The number of rotatable bonds is 4. The van der Waals surface area contributed by atoms with Gasteiger partial charge in [0.05, 0.1) is 0 Å². The van der Waals surface area contributed by atoms with Crippen molar-refractivity contribution >= 4 is 11.8 Å². The van der Waals surface area contributed by atoms with E-state index in [0.717, 1.165) is 13.1 Å². The number of thioether (sulfide) groups is 1. The largest absolute Gasteiger partial charge is 0.298 e. The van der Waals surface area contributed by atoms with Gasteiger partial charge in [0.2, 0.25) is 0 Å². The van der Waals surface area contributed by atoms with Gasteiger partial charge in [-0.15, -0.1) is 11.8 Å². The molecule has 1 aromatic carbocycles. The molecule has 0 aliphatic carbocycles. The van der Waals surface area contributed by atoms with Crippen LogP contribution in [0.5, 0.6) is 0 Å². The number of aromatic nitrogens is 2. The van der Waals surface area contributed by atoms with Crippen LogP contribution in [0.1, 0.15) is 30.0 Å². The molecule has 4 heteroatoms. The van der Waals surface area contributed by atoms with Crippen molar-refractivity contribution in [3.8, 4) is 0 Å². The summed E-state index contributed by atoms with van der Waals surface area (Å²) in [5.41, 5.74) is 2.59. The van der Waals surface area contributed by atoms with E-state index in [2.05, 4.69) is 51.5 Å². The summed E-state index contributed by atoms with van der Waals surface area (Å²) < 4.78 is 0. The highest BCUT2D eigenvalue weighted by Crippen LogP contribution is 2.26. The van der Waals surface area contributed by atoms with E-state index < -0.39 is 0 Å². The Morgan fingerprint density at radius 1 is 1.24 bits per heavy atom. The third-order valence-electron chi connectivity index (χ3n) is 4.09. The molecule has 0 N–H and O–H groups in total. The first kappa shape index (κ1) is 14.5. The van der Waals surface area contributed by atoms with Crippen molar-refractivity contribution in [1.29, 1.82) is 0 Å². The van der Waals surface area contributed by atoms with Gasteiger partial charge in [0.25, 0.3) is 0 Å². The lowest BCUT2D eigenvalue weighted by molar-refractivity contribution is 0.198. The molecule has 3 nitrogen and oxygen atoms in total. The Bertz CT molecular complexity index is 556. The summed E-state index contributed by atoms with van der Waals surface area (Å²) in [5.74, 6) is 0.548. The second-order valence-electron chi connectivity index (χ2n) is 5.56. The molecule has 2 heterocycles. The lowest BCUT2D eigenvalue weighted by Gasteiger charge is -2.32. The average Bonchev–Trinajstić information content (AvgIpc) is 2.57. The maximum Gasteiger partial charge on any atom is 0.115 e. The van der Waals surface area contributed by atoms with Crippen molar-refractivity contribution in [2.24, 2.45) is 0 Å². The molecule has 1 aromatic heterocycles. The lowest BCUT2D eigenvalue weighted by Crippen LogP contribution is -2.34. The number of hydrogen-bond donors (Lipinski definition) is 0. The van der Waals surface area contributed by atoms with E-state index in [1.807, 2.05) is 6.20 Å². The number of piperidine rings is 1. The Kier molecular flexibility index (Phi) is 4.88. The minimum Gasteiger partial charge on any atom is -0.298 e. The zero-order valence-corrected chi connectivity index (χ0v) is 13.2. The zero-order valence-electron chi connectivity index (χ0n) is 12.4. The molecular formula is C17H21N3S. The number of nitrogens with zero attached hydrogens (tertiary/aromatic N) is 3. The smallest absolute Gasteiger partial charge is 0.115 e. The van der Waals surface area contributed by atoms with Crippen LogP contribution in [0.2, 0.25) is 0 Å². The van der Waals surface area contributed by atoms with Crippen LogP contribution in [0.3, 0.4) is 0 Å². The summed E-state index contributed by atoms with van der Waals surface area (Å²) in [6.45, 7) is 3.32. The summed E-state index contributed by atoms with van der Waals surface area (Å²) >= 11 is 1.79. The fraction of sp³-hybridized carbons (Fsp3) is 0.412. The fourth-order valence-corrected chi connectivity index (χ4v) is 3.38. The van der Waals surface area contributed by atoms with Crippen molar-refractivity contribution in [1.82, 2.24) is 14.9 Å². The predicted octanol–water partition coefficient (Wildman–Crippen LogP) is 3.58. The van der Waals surface area contributed by atoms with Gasteiger partial charge in [0, 0.05) is 35.8 Å². The van der Waals surface area contributed by atoms with Crippen LogP contribution in [0.25, 0.3) is 0 Å². The molecule has 0 spiro atoms. The highest BCUT2D eigenvalue weighted by molar-refractivity contribution is 7.98. The minimum atomic E-state index is 0.548. The van der Waals surface area contributed by atoms with Crippen LogP contribution >= 0.6 is 11.8 Å². The van der Waals surface area contributed by atoms with Crippen LogP contribution in [-0.4, -0.2) is 34.2 Å². The molecule has 110 valence electrons. The second-order valence-corrected chi connectivity index (χ2v) is 6.44. The monoisotopic (exact) mass is 299 g/mol. The third kappa shape index (κ3) is 3.83. The molecule has 0 radical (unpaired) electrons. The molecule has 0 unspecified atom stereocenters. The van der Waals surface area contributed by atoms with Crippen LogP contribution < -0.4 is 0 Å². The first-order valence-electron chi connectivity index (χ1n) is 7.46. The Morgan fingerprint density at radius 2 is 2.10 bits per heavy atom. The quantitative estimate of drug-likeness (QED) is 0.807. The van der Waals surface area contributed by atoms with Crippen molar-refractivity contribution in [3.63, 3.8) is 0 Å². The first-order chi connectivity index (χ1) is 10.3. The predicted molar refractivity (Wildman–Crippen MR) is 87.5 cm³/mol. The van der Waals surface area contributed by atoms with E-state index in [1.54, 1.807) is 18.1 Å². The normalized spacial score (nSPS) is 19.6. The Morgan fingerprint density at radius 3 is 2.81 bits per heavy atom. The Labute approximate surface area is 130 Å². The second kappa shape index (κ2) is 7.05. The van der Waals surface area contributed by atoms with Gasteiger partial charge in [0.15, 0.2) is 0 Å². The van der Waals surface area contributed by atoms with Crippen molar-refractivity contribution < 1.29 is 0 Å². The molecular weight excluding hydrogens is 278 g/mol. The van der Waals surface area contributed by atoms with E-state index in [9.17, 15) is 0 Å². The van der Waals surface area contributed by atoms with Crippen LogP contribution in [0, 0.1) is 0 Å². The summed E-state index contributed by atoms with van der Waals surface area (Å²) in [7, 11) is 0. The highest BCUT2D eigenvalue weighted by atomic mass is 32.2. The van der Waals surface area contributed by atoms with Gasteiger partial charge in [-0.2, -0.15) is 0 Å². The fourth-order valence-electron chi connectivity index (χ4n) is 2.97. The van der Waals surface area contributed by atoms with Gasteiger partial charge >= 0.3 is 0 Å². The molecule has 1 aliphatic heterocycles. The van der Waals surface area contributed by atoms with Crippen LogP contribution in [0.4, 0.5) is 0 Å². The summed E-state index contributed by atoms with van der Waals surface area (Å²) in [4.78, 5) is 12.3. The van der Waals surface area contributed by atoms with Gasteiger partial charge < -0.3 is 0 Å². The number of hydrogen-bond acceptors (Lipinski definition) is 4. The SMILES string of the molecule is CSc1ccc(CN2CCC[C@H](c3ccncn3)C2)cc1. The van der Waals surface area contributed by atoms with E-state index >= 15 is 0 Å². The van der Waals surface area contributed by atoms with E-state index in [1.165, 1.54) is 35.5 Å². The Hall–Kier alpha value is -1.39. The molecule has 0 saturated carbocycles. The van der Waals surface area contributed by atoms with E-state index in [-0.39, 0.29) is 0 Å². The van der Waals surface area contributed by atoms with Gasteiger partial charge in [-0.3, -0.25) is 4.90 Å². The summed E-state index contributed by atoms with van der Waals surface area (Å²) in [6.07, 6.45) is 8.11. The zero-order chi connectivity index (χ0) is 14.5. The number of likely N-dealkylation sites (tertiary alicyclic amines) is 1. The third-order valence-corrected chi connectivity index (χ3v) is 4.84. The molecule has 0 amide bonds. The first-order valence-corrected chi connectivity index (χ1v) is 8.69. The summed E-state index contributed by atoms with van der Waals surface area (Å²) in [5, 5.41) is 0. The topological polar surface area (TPSA) is 29.0 Å². The lowest BCUT2D eigenvalue weighted by atomic mass is 9.94.